The van der Waals surface area contributed by atoms with E-state index in [-0.39, 0.29) is 29.8 Å². The Hall–Kier alpha value is -4.62. The van der Waals surface area contributed by atoms with Gasteiger partial charge in [-0.15, -0.1) is 10.2 Å². The van der Waals surface area contributed by atoms with Crippen molar-refractivity contribution in [3.05, 3.63) is 130 Å². The van der Waals surface area contributed by atoms with E-state index in [9.17, 15) is 18.4 Å². The molecule has 0 spiro atoms. The van der Waals surface area contributed by atoms with Crippen molar-refractivity contribution >= 4 is 45.2 Å². The molecule has 1 atom stereocenters. The normalized spacial score (nSPS) is 14.5. The minimum absolute atomic E-state index is 0.00196. The van der Waals surface area contributed by atoms with Gasteiger partial charge in [0.05, 0.1) is 30.3 Å². The van der Waals surface area contributed by atoms with E-state index in [0.717, 1.165) is 33.1 Å². The van der Waals surface area contributed by atoms with E-state index in [1.165, 1.54) is 41.6 Å². The maximum atomic E-state index is 13.7. The number of hydrazone groups is 1. The molecule has 2 aromatic heterocycles. The number of nitrogens with one attached hydrogen (secondary N) is 1. The van der Waals surface area contributed by atoms with E-state index in [1.54, 1.807) is 34.9 Å². The lowest BCUT2D eigenvalue weighted by Crippen LogP contribution is -2.28. The average Bonchev–Trinajstić information content (AvgIpc) is 3.81. The number of carbonyl (C=O) groups is 2. The van der Waals surface area contributed by atoms with Crippen LogP contribution in [0, 0.1) is 11.6 Å². The third-order valence-corrected chi connectivity index (χ3v) is 8.30. The van der Waals surface area contributed by atoms with Crippen LogP contribution < -0.4 is 5.32 Å². The molecule has 3 heterocycles. The Labute approximate surface area is 263 Å². The minimum Gasteiger partial charge on any atom is -0.459 e. The molecule has 0 saturated heterocycles. The lowest BCUT2D eigenvalue weighted by Gasteiger charge is -2.22. The quantitative estimate of drug-likeness (QED) is 0.184. The summed E-state index contributed by atoms with van der Waals surface area (Å²) in [6, 6.07) is 22.1. The predicted octanol–water partition coefficient (Wildman–Crippen LogP) is 6.30. The summed E-state index contributed by atoms with van der Waals surface area (Å²) in [5.74, 6) is -1.06. The van der Waals surface area contributed by atoms with Crippen LogP contribution in [0.1, 0.15) is 40.0 Å². The monoisotopic (exact) mass is 676 g/mol. The zero-order chi connectivity index (χ0) is 30.6. The summed E-state index contributed by atoms with van der Waals surface area (Å²) < 4.78 is 35.2. The summed E-state index contributed by atoms with van der Waals surface area (Å²) in [5.41, 5.74) is 2.91. The van der Waals surface area contributed by atoms with Gasteiger partial charge < -0.3 is 9.73 Å². The second kappa shape index (κ2) is 12.9. The van der Waals surface area contributed by atoms with Crippen LogP contribution in [0.2, 0.25) is 0 Å². The van der Waals surface area contributed by atoms with Crippen molar-refractivity contribution in [2.75, 3.05) is 5.75 Å². The van der Waals surface area contributed by atoms with E-state index in [4.69, 9.17) is 4.42 Å². The summed E-state index contributed by atoms with van der Waals surface area (Å²) in [6.45, 7) is -0.00196. The molecule has 3 aromatic carbocycles. The zero-order valence-electron chi connectivity index (χ0n) is 22.9. The van der Waals surface area contributed by atoms with Crippen LogP contribution >= 0.6 is 27.7 Å². The van der Waals surface area contributed by atoms with E-state index < -0.39 is 17.8 Å². The molecule has 0 bridgehead atoms. The minimum atomic E-state index is -0.437. The second-order valence-electron chi connectivity index (χ2n) is 9.72. The molecule has 0 saturated carbocycles. The van der Waals surface area contributed by atoms with Gasteiger partial charge in [-0.25, -0.2) is 13.8 Å². The molecule has 0 fully saturated rings. The van der Waals surface area contributed by atoms with Gasteiger partial charge in [-0.3, -0.25) is 14.2 Å². The Morgan fingerprint density at radius 3 is 2.34 bits per heavy atom. The highest BCUT2D eigenvalue weighted by Gasteiger charge is 2.33. The molecule has 0 unspecified atom stereocenters. The van der Waals surface area contributed by atoms with Crippen molar-refractivity contribution in [1.29, 1.82) is 0 Å². The number of halogens is 3. The van der Waals surface area contributed by atoms with Gasteiger partial charge in [-0.1, -0.05) is 52.0 Å². The number of carbonyl (C=O) groups excluding carboxylic acids is 2. The first-order valence-electron chi connectivity index (χ1n) is 13.4. The number of hydrogen-bond acceptors (Lipinski definition) is 7. The van der Waals surface area contributed by atoms with Gasteiger partial charge in [-0.05, 0) is 71.8 Å². The van der Waals surface area contributed by atoms with Crippen molar-refractivity contribution < 1.29 is 22.8 Å². The number of thioether (sulfide) groups is 1. The van der Waals surface area contributed by atoms with E-state index in [0.29, 0.717) is 23.1 Å². The van der Waals surface area contributed by atoms with Crippen molar-refractivity contribution in [1.82, 2.24) is 25.1 Å². The number of aromatic nitrogens is 3. The third-order valence-electron chi connectivity index (χ3n) is 6.86. The highest BCUT2D eigenvalue weighted by atomic mass is 79.9. The molecule has 222 valence electrons. The molecule has 5 aromatic rings. The zero-order valence-corrected chi connectivity index (χ0v) is 25.3. The Bertz CT molecular complexity index is 1810. The largest absolute Gasteiger partial charge is 0.459 e. The molecule has 44 heavy (non-hydrogen) atoms. The van der Waals surface area contributed by atoms with Crippen molar-refractivity contribution in [2.24, 2.45) is 5.10 Å². The molecule has 1 aliphatic heterocycles. The maximum absolute atomic E-state index is 13.7. The van der Waals surface area contributed by atoms with Gasteiger partial charge in [0.2, 0.25) is 0 Å². The summed E-state index contributed by atoms with van der Waals surface area (Å²) in [7, 11) is 0. The fraction of sp³-hybridized carbons (Fsp3) is 0.129. The number of amides is 2. The average molecular weight is 678 g/mol. The first-order valence-corrected chi connectivity index (χ1v) is 15.2. The van der Waals surface area contributed by atoms with Gasteiger partial charge in [-0.2, -0.15) is 5.10 Å². The van der Waals surface area contributed by atoms with Crippen molar-refractivity contribution in [3.8, 4) is 5.69 Å². The fourth-order valence-electron chi connectivity index (χ4n) is 4.71. The molecule has 1 aliphatic rings. The molecular weight excluding hydrogens is 654 g/mol. The second-order valence-corrected chi connectivity index (χ2v) is 11.6. The van der Waals surface area contributed by atoms with Crippen LogP contribution in [-0.2, 0) is 11.3 Å². The van der Waals surface area contributed by atoms with Crippen LogP contribution in [0.4, 0.5) is 8.78 Å². The summed E-state index contributed by atoms with van der Waals surface area (Å²) in [6.07, 6.45) is 1.85. The topological polar surface area (TPSA) is 106 Å². The number of benzene rings is 3. The number of nitrogens with zero attached hydrogens (tertiary/aromatic N) is 5. The van der Waals surface area contributed by atoms with Gasteiger partial charge in [0.25, 0.3) is 11.8 Å². The van der Waals surface area contributed by atoms with E-state index in [2.05, 4.69) is 36.5 Å². The summed E-state index contributed by atoms with van der Waals surface area (Å²) in [5, 5.41) is 17.7. The number of furan rings is 1. The van der Waals surface area contributed by atoms with Crippen molar-refractivity contribution in [3.63, 3.8) is 0 Å². The third kappa shape index (κ3) is 6.48. The van der Waals surface area contributed by atoms with Crippen LogP contribution in [0.15, 0.2) is 110 Å². The van der Waals surface area contributed by atoms with Gasteiger partial charge in [0.1, 0.15) is 11.6 Å². The Balaban J connectivity index is 1.25. The Morgan fingerprint density at radius 2 is 1.66 bits per heavy atom. The molecule has 13 heteroatoms. The maximum Gasteiger partial charge on any atom is 0.287 e. The van der Waals surface area contributed by atoms with Crippen LogP contribution in [0.3, 0.4) is 0 Å². The molecule has 2 amide bonds. The van der Waals surface area contributed by atoms with Crippen LogP contribution in [0.5, 0.6) is 0 Å². The number of hydrogen-bond donors (Lipinski definition) is 1. The fourth-order valence-corrected chi connectivity index (χ4v) is 5.79. The van der Waals surface area contributed by atoms with E-state index in [1.807, 2.05) is 24.3 Å². The molecular formula is C31H23BrF2N6O3S. The first-order chi connectivity index (χ1) is 21.4. The SMILES string of the molecule is O=C(NCc1nnc(SCC(=O)N2N=C(c3ccc(Br)cc3)C[C@@H]2c2ccc(F)cc2)n1-c1ccc(F)cc1)c1ccco1. The lowest BCUT2D eigenvalue weighted by molar-refractivity contribution is -0.130. The van der Waals surface area contributed by atoms with Gasteiger partial charge in [0.15, 0.2) is 16.7 Å². The van der Waals surface area contributed by atoms with Gasteiger partial charge in [0, 0.05) is 16.6 Å². The smallest absolute Gasteiger partial charge is 0.287 e. The Morgan fingerprint density at radius 1 is 0.955 bits per heavy atom. The van der Waals surface area contributed by atoms with E-state index >= 15 is 0 Å². The predicted molar refractivity (Wildman–Crippen MR) is 163 cm³/mol. The molecule has 1 N–H and O–H groups in total. The highest BCUT2D eigenvalue weighted by Crippen LogP contribution is 2.34. The van der Waals surface area contributed by atoms with Crippen LogP contribution in [0.25, 0.3) is 5.69 Å². The molecule has 0 radical (unpaired) electrons. The number of rotatable bonds is 9. The molecule has 9 nitrogen and oxygen atoms in total. The highest BCUT2D eigenvalue weighted by molar-refractivity contribution is 9.10. The standard InChI is InChI=1S/C31H23BrF2N6O3S/c32-21-7-3-19(4-8-21)25-16-26(20-5-9-22(33)10-6-20)40(38-25)29(41)18-44-31-37-36-28(17-35-30(42)27-2-1-15-43-27)39(31)24-13-11-23(34)12-14-24/h1-15,26H,16-18H2,(H,35,42)/t26-/m1/s1. The molecule has 0 aliphatic carbocycles. The molecule has 6 rings (SSSR count). The van der Waals surface area contributed by atoms with Crippen molar-refractivity contribution in [2.45, 2.75) is 24.2 Å². The Kier molecular flexibility index (Phi) is 8.66. The van der Waals surface area contributed by atoms with Crippen LogP contribution in [-0.4, -0.2) is 43.1 Å². The first kappa shape index (κ1) is 29.5. The summed E-state index contributed by atoms with van der Waals surface area (Å²) in [4.78, 5) is 26.1. The van der Waals surface area contributed by atoms with Gasteiger partial charge >= 0.3 is 0 Å². The lowest BCUT2D eigenvalue weighted by atomic mass is 9.98. The summed E-state index contributed by atoms with van der Waals surface area (Å²) >= 11 is 4.57.